The Balaban J connectivity index is 0. The summed E-state index contributed by atoms with van der Waals surface area (Å²) in [4.78, 5) is -0.0741. The van der Waals surface area contributed by atoms with Crippen molar-refractivity contribution < 1.29 is 104 Å². The monoisotopic (exact) mass is 416 g/mol. The van der Waals surface area contributed by atoms with Gasteiger partial charge in [0.1, 0.15) is 0 Å². The summed E-state index contributed by atoms with van der Waals surface area (Å²) in [5.41, 5.74) is 0. The summed E-state index contributed by atoms with van der Waals surface area (Å²) in [5.74, 6) is -13.3. The van der Waals surface area contributed by atoms with Gasteiger partial charge in [-0.15, -0.1) is 0 Å². The second-order valence-electron chi connectivity index (χ2n) is 3.70. The largest absolute Gasteiger partial charge is 1.00 e. The Morgan fingerprint density at radius 1 is 0.875 bits per heavy atom. The fourth-order valence-electron chi connectivity index (χ4n) is 0.889. The number of halogens is 9. The van der Waals surface area contributed by atoms with Gasteiger partial charge in [0.15, 0.2) is 0 Å². The van der Waals surface area contributed by atoms with Gasteiger partial charge in [-0.1, -0.05) is 18.2 Å². The summed E-state index contributed by atoms with van der Waals surface area (Å²) >= 11 is 0. The van der Waals surface area contributed by atoms with Crippen LogP contribution in [0, 0.1) is 6.43 Å². The second kappa shape index (κ2) is 9.18. The van der Waals surface area contributed by atoms with Gasteiger partial charge in [-0.2, -0.15) is 30.4 Å². The molecular formula is C10H6F9KO3S. The molecule has 24 heavy (non-hydrogen) atoms. The van der Waals surface area contributed by atoms with Gasteiger partial charge in [0, 0.05) is 0 Å². The van der Waals surface area contributed by atoms with Gasteiger partial charge >= 0.3 is 63.5 Å². The van der Waals surface area contributed by atoms with Crippen LogP contribution in [0.15, 0.2) is 35.2 Å². The van der Waals surface area contributed by atoms with Crippen LogP contribution in [0.5, 0.6) is 0 Å². The van der Waals surface area contributed by atoms with E-state index in [2.05, 4.69) is 0 Å². The molecule has 0 fully saturated rings. The molecule has 0 radical (unpaired) electrons. The summed E-state index contributed by atoms with van der Waals surface area (Å²) in [5, 5.41) is 0. The minimum Gasteiger partial charge on any atom is -0.415 e. The molecule has 0 spiro atoms. The second-order valence-corrected chi connectivity index (χ2v) is 5.12. The first-order valence-corrected chi connectivity index (χ1v) is 6.52. The molecule has 0 saturated heterocycles. The van der Waals surface area contributed by atoms with Crippen molar-refractivity contribution in [3.05, 3.63) is 36.8 Å². The molecule has 0 aliphatic carbocycles. The van der Waals surface area contributed by atoms with Crippen LogP contribution in [0.4, 0.5) is 39.5 Å². The smallest absolute Gasteiger partial charge is 0.415 e. The molecule has 1 aromatic rings. The number of alkyl halides is 7. The van der Waals surface area contributed by atoms with Gasteiger partial charge in [0.05, 0.1) is 11.3 Å². The van der Waals surface area contributed by atoms with Gasteiger partial charge in [-0.3, -0.25) is 4.55 Å². The van der Waals surface area contributed by atoms with Crippen molar-refractivity contribution in [2.24, 2.45) is 0 Å². The standard InChI is InChI=1S/C6H6O3S.C4F9.K/c7-10(8,9)6-4-2-1-3-5-6;5-1(6)2(7,8)3(9,10)4(11,12)13;/h1-5H,(H,7,8,9);;/q;-1;+1. The number of rotatable bonds is 3. The summed E-state index contributed by atoms with van der Waals surface area (Å²) in [6, 6.07) is 7.42. The summed E-state index contributed by atoms with van der Waals surface area (Å²) < 4.78 is 131. The molecule has 0 amide bonds. The summed E-state index contributed by atoms with van der Waals surface area (Å²) in [6.07, 6.45) is -11.0. The minimum absolute atomic E-state index is 0. The van der Waals surface area contributed by atoms with Gasteiger partial charge in [0.25, 0.3) is 16.0 Å². The molecule has 1 N–H and O–H groups in total. The predicted molar refractivity (Wildman–Crippen MR) is 57.7 cm³/mol. The van der Waals surface area contributed by atoms with E-state index in [0.717, 1.165) is 0 Å². The van der Waals surface area contributed by atoms with Gasteiger partial charge in [-0.25, -0.2) is 8.78 Å². The van der Waals surface area contributed by atoms with E-state index in [9.17, 15) is 47.9 Å². The quantitative estimate of drug-likeness (QED) is 0.349. The van der Waals surface area contributed by atoms with Gasteiger partial charge in [0.2, 0.25) is 0 Å². The predicted octanol–water partition coefficient (Wildman–Crippen LogP) is 1.19. The third-order valence-electron chi connectivity index (χ3n) is 2.03. The third-order valence-corrected chi connectivity index (χ3v) is 2.90. The average molecular weight is 416 g/mol. The molecule has 0 aromatic heterocycles. The Kier molecular flexibility index (Phi) is 10.1. The molecule has 134 valence electrons. The van der Waals surface area contributed by atoms with Crippen LogP contribution in [0.3, 0.4) is 0 Å². The zero-order chi connectivity index (χ0) is 18.7. The molecule has 1 rings (SSSR count). The van der Waals surface area contributed by atoms with E-state index >= 15 is 0 Å². The molecule has 0 heterocycles. The van der Waals surface area contributed by atoms with Crippen molar-refractivity contribution >= 4 is 10.1 Å². The summed E-state index contributed by atoms with van der Waals surface area (Å²) in [6.45, 7) is 0. The maximum atomic E-state index is 11.6. The number of benzene rings is 1. The van der Waals surface area contributed by atoms with Crippen LogP contribution >= 0.6 is 0 Å². The fraction of sp³-hybridized carbons (Fsp3) is 0.300. The molecule has 0 saturated carbocycles. The third kappa shape index (κ3) is 6.80. The van der Waals surface area contributed by atoms with Gasteiger partial charge in [-0.05, 0) is 12.1 Å². The van der Waals surface area contributed by atoms with Crippen molar-refractivity contribution in [1.29, 1.82) is 0 Å². The normalized spacial score (nSPS) is 13.0. The Bertz CT molecular complexity index is 602. The minimum atomic E-state index is -6.77. The van der Waals surface area contributed by atoms with Crippen LogP contribution < -0.4 is 51.4 Å². The fourth-order valence-corrected chi connectivity index (χ4v) is 1.39. The molecule has 14 heteroatoms. The van der Waals surface area contributed by atoms with E-state index in [4.69, 9.17) is 4.55 Å². The zero-order valence-corrected chi connectivity index (χ0v) is 15.4. The molecule has 0 atom stereocenters. The maximum Gasteiger partial charge on any atom is 1.00 e. The van der Waals surface area contributed by atoms with E-state index < -0.39 is 34.6 Å². The van der Waals surface area contributed by atoms with Crippen LogP contribution in [0.25, 0.3) is 0 Å². The first kappa shape index (κ1) is 26.4. The SMILES string of the molecule is F[C-](F)C(F)(F)C(F)(F)C(F)(F)F.O=S(=O)(O)c1ccccc1.[K+]. The first-order valence-electron chi connectivity index (χ1n) is 5.08. The van der Waals surface area contributed by atoms with Crippen molar-refractivity contribution in [3.63, 3.8) is 0 Å². The molecule has 0 unspecified atom stereocenters. The van der Waals surface area contributed by atoms with E-state index in [1.165, 1.54) is 12.1 Å². The Morgan fingerprint density at radius 3 is 1.42 bits per heavy atom. The number of hydrogen-bond donors (Lipinski definition) is 1. The van der Waals surface area contributed by atoms with Crippen LogP contribution in [-0.4, -0.2) is 31.0 Å². The van der Waals surface area contributed by atoms with Crippen LogP contribution in [-0.2, 0) is 10.1 Å². The molecule has 0 aliphatic heterocycles. The van der Waals surface area contributed by atoms with E-state index in [-0.39, 0.29) is 56.3 Å². The molecule has 1 aromatic carbocycles. The molecular weight excluding hydrogens is 410 g/mol. The Hall–Kier alpha value is 0.136. The molecule has 3 nitrogen and oxygen atoms in total. The molecule has 0 bridgehead atoms. The van der Waals surface area contributed by atoms with Gasteiger partial charge < -0.3 is 8.78 Å². The number of hydrogen-bond acceptors (Lipinski definition) is 2. The van der Waals surface area contributed by atoms with Crippen LogP contribution in [0.2, 0.25) is 0 Å². The Labute approximate surface area is 172 Å². The molecule has 0 aliphatic rings. The van der Waals surface area contributed by atoms with Crippen LogP contribution in [0.1, 0.15) is 0 Å². The first-order chi connectivity index (χ1) is 10.0. The van der Waals surface area contributed by atoms with Crippen molar-refractivity contribution in [2.45, 2.75) is 22.9 Å². The van der Waals surface area contributed by atoms with E-state index in [0.29, 0.717) is 0 Å². The van der Waals surface area contributed by atoms with E-state index in [1.54, 1.807) is 18.2 Å². The van der Waals surface area contributed by atoms with E-state index in [1.807, 2.05) is 0 Å². The van der Waals surface area contributed by atoms with Crippen molar-refractivity contribution in [1.82, 2.24) is 0 Å². The summed E-state index contributed by atoms with van der Waals surface area (Å²) in [7, 11) is -4.00. The zero-order valence-electron chi connectivity index (χ0n) is 11.5. The average Bonchev–Trinajstić information content (AvgIpc) is 2.37. The maximum absolute atomic E-state index is 11.6. The van der Waals surface area contributed by atoms with Crippen molar-refractivity contribution in [2.75, 3.05) is 0 Å². The topological polar surface area (TPSA) is 54.4 Å². The Morgan fingerprint density at radius 2 is 1.25 bits per heavy atom. The van der Waals surface area contributed by atoms with Crippen molar-refractivity contribution in [3.8, 4) is 0 Å².